The van der Waals surface area contributed by atoms with Crippen LogP contribution in [0.2, 0.25) is 0 Å². The number of hydrogen-bond donors (Lipinski definition) is 0. The fraction of sp³-hybridized carbons (Fsp3) is 0.429. The van der Waals surface area contributed by atoms with Gasteiger partial charge >= 0.3 is 72.0 Å². The van der Waals surface area contributed by atoms with Crippen molar-refractivity contribution >= 4 is 37.8 Å². The Morgan fingerprint density at radius 2 is 1.82 bits per heavy atom. The first-order valence-corrected chi connectivity index (χ1v) is 4.04. The van der Waals surface area contributed by atoms with Crippen LogP contribution in [0.3, 0.4) is 0 Å². The van der Waals surface area contributed by atoms with Gasteiger partial charge in [-0.15, -0.1) is 0 Å². The van der Waals surface area contributed by atoms with Crippen LogP contribution in [0.15, 0.2) is 0 Å². The molecule has 11 heavy (non-hydrogen) atoms. The molecule has 60 valence electrons. The molecule has 0 aromatic carbocycles. The predicted molar refractivity (Wildman–Crippen MR) is 41.7 cm³/mol. The summed E-state index contributed by atoms with van der Waals surface area (Å²) in [5.41, 5.74) is 0. The summed E-state index contributed by atoms with van der Waals surface area (Å²) in [4.78, 5) is 32.9. The third-order valence-electron chi connectivity index (χ3n) is 0.949. The van der Waals surface area contributed by atoms with Gasteiger partial charge in [0.05, 0.1) is 0 Å². The van der Waals surface area contributed by atoms with E-state index < -0.39 is 0 Å². The first kappa shape index (κ1) is 10.4. The van der Waals surface area contributed by atoms with Gasteiger partial charge in [-0.1, -0.05) is 0 Å². The van der Waals surface area contributed by atoms with Gasteiger partial charge < -0.3 is 0 Å². The second-order valence-electron chi connectivity index (χ2n) is 2.18. The van der Waals surface area contributed by atoms with Crippen molar-refractivity contribution in [3.05, 3.63) is 0 Å². The van der Waals surface area contributed by atoms with E-state index >= 15 is 0 Å². The van der Waals surface area contributed by atoms with Crippen LogP contribution in [0.4, 0.5) is 0 Å². The zero-order chi connectivity index (χ0) is 8.85. The molecule has 0 bridgehead atoms. The fourth-order valence-electron chi connectivity index (χ4n) is 0.576. The second kappa shape index (κ2) is 5.10. The molecule has 0 saturated heterocycles. The number of carbonyl (C=O) groups is 3. The molecule has 4 heteroatoms. The molecule has 0 amide bonds. The molecule has 0 aliphatic rings. The number of carbonyl (C=O) groups excluding carboxylic acids is 3. The maximum absolute atomic E-state index is 10.7. The van der Waals surface area contributed by atoms with E-state index in [4.69, 9.17) is 0 Å². The molecule has 0 N–H and O–H groups in total. The first-order valence-electron chi connectivity index (χ1n) is 3.05. The standard InChI is InChI=1S/C7H8O3Se/c1-5(8)2-6(9)3-7(10)4-11/h4H,2-3H2,1H3. The van der Waals surface area contributed by atoms with Crippen molar-refractivity contribution in [3.8, 4) is 0 Å². The van der Waals surface area contributed by atoms with Crippen molar-refractivity contribution in [2.24, 2.45) is 0 Å². The van der Waals surface area contributed by atoms with E-state index in [9.17, 15) is 14.4 Å². The summed E-state index contributed by atoms with van der Waals surface area (Å²) >= 11 is 2.39. The molecule has 0 atom stereocenters. The monoisotopic (exact) mass is 220 g/mol. The Morgan fingerprint density at radius 1 is 1.27 bits per heavy atom. The molecule has 0 radical (unpaired) electrons. The summed E-state index contributed by atoms with van der Waals surface area (Å²) in [6.07, 6.45) is -0.313. The van der Waals surface area contributed by atoms with Crippen molar-refractivity contribution in [2.75, 3.05) is 0 Å². The molecule has 0 heterocycles. The van der Waals surface area contributed by atoms with Crippen molar-refractivity contribution in [2.45, 2.75) is 19.8 Å². The molecular formula is C7H8O3Se. The predicted octanol–water partition coefficient (Wildman–Crippen LogP) is -0.536. The number of hydrogen-bond acceptors (Lipinski definition) is 3. The van der Waals surface area contributed by atoms with Gasteiger partial charge in [-0.05, 0) is 0 Å². The van der Waals surface area contributed by atoms with Crippen LogP contribution >= 0.6 is 0 Å². The van der Waals surface area contributed by atoms with Crippen LogP contribution in [0.5, 0.6) is 0 Å². The van der Waals surface area contributed by atoms with Crippen LogP contribution in [-0.4, -0.2) is 37.8 Å². The Balaban J connectivity index is 3.78. The summed E-state index contributed by atoms with van der Waals surface area (Å²) in [5, 5.41) is 0. The molecule has 3 nitrogen and oxygen atoms in total. The molecule has 0 rings (SSSR count). The zero-order valence-electron chi connectivity index (χ0n) is 6.12. The van der Waals surface area contributed by atoms with Gasteiger partial charge in [0, 0.05) is 0 Å². The third-order valence-corrected chi connectivity index (χ3v) is 1.50. The molecule has 0 aromatic heterocycles. The Kier molecular flexibility index (Phi) is 4.82. The van der Waals surface area contributed by atoms with E-state index in [1.54, 1.807) is 0 Å². The second-order valence-corrected chi connectivity index (χ2v) is 2.67. The molecule has 0 aromatic rings. The summed E-state index contributed by atoms with van der Waals surface area (Å²) in [5.74, 6) is -0.812. The van der Waals surface area contributed by atoms with Crippen LogP contribution < -0.4 is 0 Å². The maximum atomic E-state index is 10.7. The number of rotatable bonds is 5. The van der Waals surface area contributed by atoms with Crippen LogP contribution in [0.1, 0.15) is 19.8 Å². The quantitative estimate of drug-likeness (QED) is 0.461. The summed E-state index contributed by atoms with van der Waals surface area (Å²) < 4.78 is 0. The van der Waals surface area contributed by atoms with Gasteiger partial charge in [0.1, 0.15) is 0 Å². The van der Waals surface area contributed by atoms with Gasteiger partial charge in [-0.25, -0.2) is 0 Å². The van der Waals surface area contributed by atoms with Crippen molar-refractivity contribution in [1.29, 1.82) is 0 Å². The topological polar surface area (TPSA) is 51.2 Å². The first-order chi connectivity index (χ1) is 5.06. The zero-order valence-corrected chi connectivity index (χ0v) is 7.84. The average molecular weight is 219 g/mol. The average Bonchev–Trinajstić information content (AvgIpc) is 1.85. The van der Waals surface area contributed by atoms with Gasteiger partial charge in [0.2, 0.25) is 0 Å². The van der Waals surface area contributed by atoms with E-state index in [2.05, 4.69) is 15.6 Å². The van der Waals surface area contributed by atoms with E-state index in [1.165, 1.54) is 11.8 Å². The minimum absolute atomic E-state index is 0.139. The van der Waals surface area contributed by atoms with Crippen LogP contribution in [0.25, 0.3) is 0 Å². The van der Waals surface area contributed by atoms with E-state index in [-0.39, 0.29) is 30.2 Å². The van der Waals surface area contributed by atoms with Gasteiger partial charge in [-0.2, -0.15) is 0 Å². The van der Waals surface area contributed by atoms with Crippen LogP contribution in [0, 0.1) is 0 Å². The fourth-order valence-corrected chi connectivity index (χ4v) is 0.751. The molecular weight excluding hydrogens is 211 g/mol. The number of ketones is 3. The van der Waals surface area contributed by atoms with Crippen molar-refractivity contribution < 1.29 is 14.4 Å². The Morgan fingerprint density at radius 3 is 2.18 bits per heavy atom. The SMILES string of the molecule is CC(=O)CC(=O)CC(=O)C=[Se]. The molecule has 0 fully saturated rings. The molecule has 0 aliphatic carbocycles. The minimum atomic E-state index is -0.325. The third kappa shape index (κ3) is 5.83. The van der Waals surface area contributed by atoms with E-state index in [1.807, 2.05) is 0 Å². The van der Waals surface area contributed by atoms with Gasteiger partial charge in [-0.3, -0.25) is 0 Å². The van der Waals surface area contributed by atoms with Crippen molar-refractivity contribution in [3.63, 3.8) is 0 Å². The molecule has 0 aliphatic heterocycles. The summed E-state index contributed by atoms with van der Waals surface area (Å²) in [6, 6.07) is 0. The normalized spacial score (nSPS) is 8.82. The van der Waals surface area contributed by atoms with E-state index in [0.717, 1.165) is 0 Å². The summed E-state index contributed by atoms with van der Waals surface area (Å²) in [7, 11) is 0. The van der Waals surface area contributed by atoms with Crippen molar-refractivity contribution in [1.82, 2.24) is 0 Å². The summed E-state index contributed by atoms with van der Waals surface area (Å²) in [6.45, 7) is 1.32. The van der Waals surface area contributed by atoms with Gasteiger partial charge in [0.15, 0.2) is 0 Å². The molecule has 0 unspecified atom stereocenters. The van der Waals surface area contributed by atoms with Gasteiger partial charge in [0.25, 0.3) is 0 Å². The Bertz CT molecular complexity index is 208. The molecule has 0 saturated carbocycles. The van der Waals surface area contributed by atoms with Crippen LogP contribution in [-0.2, 0) is 14.4 Å². The molecule has 0 spiro atoms. The number of Topliss-reactive ketones (excluding diaryl/α,β-unsaturated/α-hetero) is 3. The Hall–Kier alpha value is -0.601. The van der Waals surface area contributed by atoms with E-state index in [0.29, 0.717) is 0 Å². The Labute approximate surface area is 72.5 Å².